The molecule has 0 radical (unpaired) electrons. The number of nitrogens with one attached hydrogen (secondary N) is 2. The van der Waals surface area contributed by atoms with Gasteiger partial charge < -0.3 is 15.4 Å². The SMILES string of the molecule is CNC(C)CNC(=O)COc1ccccc1C(C)(C)C.Cl. The quantitative estimate of drug-likeness (QED) is 0.848. The summed E-state index contributed by atoms with van der Waals surface area (Å²) in [5, 5.41) is 5.90. The molecule has 5 heteroatoms. The summed E-state index contributed by atoms with van der Waals surface area (Å²) in [6, 6.07) is 8.11. The van der Waals surface area contributed by atoms with E-state index in [1.54, 1.807) is 0 Å². The van der Waals surface area contributed by atoms with Gasteiger partial charge in [-0.05, 0) is 31.0 Å². The first-order valence-electron chi connectivity index (χ1n) is 7.01. The van der Waals surface area contributed by atoms with Gasteiger partial charge in [-0.1, -0.05) is 39.0 Å². The zero-order chi connectivity index (χ0) is 15.2. The Hall–Kier alpha value is -1.26. The van der Waals surface area contributed by atoms with Gasteiger partial charge in [-0.2, -0.15) is 0 Å². The summed E-state index contributed by atoms with van der Waals surface area (Å²) in [6.07, 6.45) is 0. The maximum atomic E-state index is 11.7. The van der Waals surface area contributed by atoms with Crippen molar-refractivity contribution in [2.24, 2.45) is 0 Å². The number of ether oxygens (including phenoxy) is 1. The van der Waals surface area contributed by atoms with E-state index in [0.717, 1.165) is 11.3 Å². The van der Waals surface area contributed by atoms with Crippen LogP contribution in [0, 0.1) is 0 Å². The third-order valence-electron chi connectivity index (χ3n) is 3.15. The number of rotatable bonds is 6. The molecule has 120 valence electrons. The van der Waals surface area contributed by atoms with E-state index in [-0.39, 0.29) is 36.4 Å². The zero-order valence-corrected chi connectivity index (χ0v) is 14.3. The van der Waals surface area contributed by atoms with Crippen LogP contribution in [0.5, 0.6) is 5.75 Å². The Bertz CT molecular complexity index is 444. The number of carbonyl (C=O) groups is 1. The molecule has 1 amide bonds. The summed E-state index contributed by atoms with van der Waals surface area (Å²) in [7, 11) is 1.87. The first-order valence-corrected chi connectivity index (χ1v) is 7.01. The zero-order valence-electron chi connectivity index (χ0n) is 13.5. The van der Waals surface area contributed by atoms with Gasteiger partial charge in [0.05, 0.1) is 0 Å². The summed E-state index contributed by atoms with van der Waals surface area (Å²) in [4.78, 5) is 11.7. The van der Waals surface area contributed by atoms with Crippen LogP contribution in [-0.2, 0) is 10.2 Å². The molecule has 1 aromatic rings. The Balaban J connectivity index is 0.00000400. The molecule has 1 aromatic carbocycles. The predicted molar refractivity (Wildman–Crippen MR) is 89.4 cm³/mol. The van der Waals surface area contributed by atoms with Crippen molar-refractivity contribution < 1.29 is 9.53 Å². The minimum atomic E-state index is -0.101. The number of para-hydroxylation sites is 1. The molecule has 2 N–H and O–H groups in total. The number of likely N-dealkylation sites (N-methyl/N-ethyl adjacent to an activating group) is 1. The third-order valence-corrected chi connectivity index (χ3v) is 3.15. The molecule has 0 aliphatic rings. The summed E-state index contributed by atoms with van der Waals surface area (Å²) in [6.45, 7) is 9.04. The fraction of sp³-hybridized carbons (Fsp3) is 0.562. The fourth-order valence-corrected chi connectivity index (χ4v) is 1.78. The number of carbonyl (C=O) groups excluding carboxylic acids is 1. The first-order chi connectivity index (χ1) is 9.34. The predicted octanol–water partition coefficient (Wildman–Crippen LogP) is 2.51. The minimum absolute atomic E-state index is 0. The van der Waals surface area contributed by atoms with Crippen molar-refractivity contribution >= 4 is 18.3 Å². The summed E-state index contributed by atoms with van der Waals surface area (Å²) < 4.78 is 5.66. The standard InChI is InChI=1S/C16H26N2O2.ClH/c1-12(17-5)10-18-15(19)11-20-14-9-7-6-8-13(14)16(2,3)4;/h6-9,12,17H,10-11H2,1-5H3,(H,18,19);1H. The molecule has 21 heavy (non-hydrogen) atoms. The van der Waals surface area contributed by atoms with Crippen molar-refractivity contribution in [2.75, 3.05) is 20.2 Å². The molecule has 4 nitrogen and oxygen atoms in total. The van der Waals surface area contributed by atoms with Crippen LogP contribution in [0.15, 0.2) is 24.3 Å². The average Bonchev–Trinajstić information content (AvgIpc) is 2.41. The van der Waals surface area contributed by atoms with E-state index in [4.69, 9.17) is 4.74 Å². The smallest absolute Gasteiger partial charge is 0.257 e. The molecule has 1 atom stereocenters. The molecular weight excluding hydrogens is 288 g/mol. The van der Waals surface area contributed by atoms with Crippen LogP contribution in [0.3, 0.4) is 0 Å². The molecule has 1 unspecified atom stereocenters. The number of benzene rings is 1. The highest BCUT2D eigenvalue weighted by molar-refractivity contribution is 5.85. The second kappa shape index (κ2) is 8.90. The van der Waals surface area contributed by atoms with E-state index in [0.29, 0.717) is 6.54 Å². The van der Waals surface area contributed by atoms with Gasteiger partial charge in [0, 0.05) is 12.6 Å². The van der Waals surface area contributed by atoms with E-state index in [9.17, 15) is 4.79 Å². The van der Waals surface area contributed by atoms with Gasteiger partial charge in [0.1, 0.15) is 5.75 Å². The lowest BCUT2D eigenvalue weighted by atomic mass is 9.86. The lowest BCUT2D eigenvalue weighted by Crippen LogP contribution is -2.39. The monoisotopic (exact) mass is 314 g/mol. The van der Waals surface area contributed by atoms with Crippen molar-refractivity contribution in [1.29, 1.82) is 0 Å². The Labute approximate surface area is 134 Å². The van der Waals surface area contributed by atoms with Gasteiger partial charge >= 0.3 is 0 Å². The fourth-order valence-electron chi connectivity index (χ4n) is 1.78. The molecule has 1 rings (SSSR count). The highest BCUT2D eigenvalue weighted by atomic mass is 35.5. The molecule has 0 fully saturated rings. The summed E-state index contributed by atoms with van der Waals surface area (Å²) in [5.41, 5.74) is 1.10. The molecule has 0 aliphatic heterocycles. The van der Waals surface area contributed by atoms with E-state index in [1.165, 1.54) is 0 Å². The molecule has 0 spiro atoms. The molecule has 0 saturated carbocycles. The Morgan fingerprint density at radius 2 is 1.90 bits per heavy atom. The number of halogens is 1. The molecule has 0 aromatic heterocycles. The maximum Gasteiger partial charge on any atom is 0.257 e. The Kier molecular flexibility index (Phi) is 8.37. The second-order valence-electron chi connectivity index (χ2n) is 6.03. The number of hydrogen-bond donors (Lipinski definition) is 2. The van der Waals surface area contributed by atoms with Gasteiger partial charge in [-0.15, -0.1) is 12.4 Å². The van der Waals surface area contributed by atoms with Crippen LogP contribution in [-0.4, -0.2) is 32.1 Å². The van der Waals surface area contributed by atoms with Crippen LogP contribution in [0.4, 0.5) is 0 Å². The molecule has 0 saturated heterocycles. The average molecular weight is 315 g/mol. The largest absolute Gasteiger partial charge is 0.483 e. The van der Waals surface area contributed by atoms with Crippen LogP contribution in [0.1, 0.15) is 33.3 Å². The van der Waals surface area contributed by atoms with Crippen molar-refractivity contribution in [3.05, 3.63) is 29.8 Å². The highest BCUT2D eigenvalue weighted by Crippen LogP contribution is 2.30. The van der Waals surface area contributed by atoms with E-state index in [2.05, 4.69) is 31.4 Å². The lowest BCUT2D eigenvalue weighted by molar-refractivity contribution is -0.123. The maximum absolute atomic E-state index is 11.7. The van der Waals surface area contributed by atoms with E-state index < -0.39 is 0 Å². The van der Waals surface area contributed by atoms with Crippen molar-refractivity contribution in [3.8, 4) is 5.75 Å². The summed E-state index contributed by atoms with van der Waals surface area (Å²) in [5.74, 6) is 0.674. The normalized spacial score (nSPS) is 12.2. The van der Waals surface area contributed by atoms with Gasteiger partial charge in [-0.25, -0.2) is 0 Å². The summed E-state index contributed by atoms with van der Waals surface area (Å²) >= 11 is 0. The number of hydrogen-bond acceptors (Lipinski definition) is 3. The van der Waals surface area contributed by atoms with Crippen molar-refractivity contribution in [1.82, 2.24) is 10.6 Å². The van der Waals surface area contributed by atoms with Gasteiger partial charge in [0.2, 0.25) is 0 Å². The number of amides is 1. The lowest BCUT2D eigenvalue weighted by Gasteiger charge is -2.22. The van der Waals surface area contributed by atoms with Gasteiger partial charge in [0.15, 0.2) is 6.61 Å². The topological polar surface area (TPSA) is 50.4 Å². The van der Waals surface area contributed by atoms with Crippen LogP contribution in [0.2, 0.25) is 0 Å². The van der Waals surface area contributed by atoms with Crippen molar-refractivity contribution in [3.63, 3.8) is 0 Å². The molecule has 0 bridgehead atoms. The van der Waals surface area contributed by atoms with Gasteiger partial charge in [0.25, 0.3) is 5.91 Å². The van der Waals surface area contributed by atoms with Gasteiger partial charge in [-0.3, -0.25) is 4.79 Å². The first kappa shape index (κ1) is 19.7. The van der Waals surface area contributed by atoms with Crippen molar-refractivity contribution in [2.45, 2.75) is 39.2 Å². The molecular formula is C16H27ClN2O2. The molecule has 0 heterocycles. The molecule has 0 aliphatic carbocycles. The van der Waals surface area contributed by atoms with Crippen LogP contribution in [0.25, 0.3) is 0 Å². The minimum Gasteiger partial charge on any atom is -0.483 e. The third kappa shape index (κ3) is 6.82. The Morgan fingerprint density at radius 1 is 1.29 bits per heavy atom. The van der Waals surface area contributed by atoms with Crippen LogP contribution < -0.4 is 15.4 Å². The highest BCUT2D eigenvalue weighted by Gasteiger charge is 2.18. The van der Waals surface area contributed by atoms with Crippen LogP contribution >= 0.6 is 12.4 Å². The van der Waals surface area contributed by atoms with E-state index >= 15 is 0 Å². The van der Waals surface area contributed by atoms with E-state index in [1.807, 2.05) is 38.2 Å². The second-order valence-corrected chi connectivity index (χ2v) is 6.03. The Morgan fingerprint density at radius 3 is 2.48 bits per heavy atom.